The smallest absolute Gasteiger partial charge is 0.330 e. The maximum absolute atomic E-state index is 11.9. The zero-order valence-electron chi connectivity index (χ0n) is 12.6. The number of esters is 1. The summed E-state index contributed by atoms with van der Waals surface area (Å²) in [5.74, 6) is -0.357. The molecule has 1 atom stereocenters. The normalized spacial score (nSPS) is 11.3. The van der Waals surface area contributed by atoms with E-state index < -0.39 is 6.04 Å². The van der Waals surface area contributed by atoms with Gasteiger partial charge in [-0.15, -0.1) is 6.58 Å². The van der Waals surface area contributed by atoms with Gasteiger partial charge < -0.3 is 4.74 Å². The minimum Gasteiger partial charge on any atom is -0.467 e. The molecule has 0 bridgehead atoms. The SMILES string of the molecule is C=CC[C@@H](N=C(c1ccccc1)c1ccccc1)C(=O)OC. The van der Waals surface area contributed by atoms with Crippen molar-refractivity contribution in [3.8, 4) is 0 Å². The van der Waals surface area contributed by atoms with Crippen molar-refractivity contribution in [2.24, 2.45) is 4.99 Å². The van der Waals surface area contributed by atoms with Gasteiger partial charge >= 0.3 is 5.97 Å². The number of benzene rings is 2. The van der Waals surface area contributed by atoms with Gasteiger partial charge in [-0.3, -0.25) is 4.99 Å². The first-order valence-corrected chi connectivity index (χ1v) is 7.13. The Kier molecular flexibility index (Phi) is 5.66. The van der Waals surface area contributed by atoms with Gasteiger partial charge in [-0.1, -0.05) is 66.7 Å². The number of ether oxygens (including phenoxy) is 1. The number of rotatable bonds is 6. The van der Waals surface area contributed by atoms with Crippen LogP contribution >= 0.6 is 0 Å². The molecule has 2 rings (SSSR count). The van der Waals surface area contributed by atoms with E-state index in [4.69, 9.17) is 4.74 Å². The first kappa shape index (κ1) is 15.7. The fraction of sp³-hybridized carbons (Fsp3) is 0.158. The van der Waals surface area contributed by atoms with E-state index in [1.54, 1.807) is 6.08 Å². The molecule has 0 aromatic heterocycles. The van der Waals surface area contributed by atoms with Gasteiger partial charge in [0.15, 0.2) is 6.04 Å². The molecule has 0 unspecified atom stereocenters. The molecule has 0 spiro atoms. The summed E-state index contributed by atoms with van der Waals surface area (Å²) in [6.45, 7) is 3.69. The third kappa shape index (κ3) is 3.92. The minimum absolute atomic E-state index is 0.357. The highest BCUT2D eigenvalue weighted by atomic mass is 16.5. The van der Waals surface area contributed by atoms with Crippen molar-refractivity contribution in [3.63, 3.8) is 0 Å². The fourth-order valence-corrected chi connectivity index (χ4v) is 2.16. The second-order valence-corrected chi connectivity index (χ2v) is 4.77. The molecule has 3 nitrogen and oxygen atoms in total. The van der Waals surface area contributed by atoms with Crippen LogP contribution in [0.15, 0.2) is 78.3 Å². The van der Waals surface area contributed by atoms with Gasteiger partial charge in [-0.2, -0.15) is 0 Å². The molecular weight excluding hydrogens is 274 g/mol. The summed E-state index contributed by atoms with van der Waals surface area (Å²) < 4.78 is 4.84. The van der Waals surface area contributed by atoms with Crippen molar-refractivity contribution in [3.05, 3.63) is 84.4 Å². The molecule has 0 radical (unpaired) electrons. The summed E-state index contributed by atoms with van der Waals surface area (Å²) in [5, 5.41) is 0. The molecule has 0 aliphatic heterocycles. The molecule has 0 N–H and O–H groups in total. The highest BCUT2D eigenvalue weighted by Gasteiger charge is 2.18. The van der Waals surface area contributed by atoms with Crippen molar-refractivity contribution in [2.75, 3.05) is 7.11 Å². The Balaban J connectivity index is 2.50. The first-order chi connectivity index (χ1) is 10.8. The summed E-state index contributed by atoms with van der Waals surface area (Å²) >= 11 is 0. The minimum atomic E-state index is -0.585. The average molecular weight is 293 g/mol. The third-order valence-electron chi connectivity index (χ3n) is 3.24. The summed E-state index contributed by atoms with van der Waals surface area (Å²) in [7, 11) is 1.37. The van der Waals surface area contributed by atoms with Crippen molar-refractivity contribution in [2.45, 2.75) is 12.5 Å². The predicted molar refractivity (Wildman–Crippen MR) is 89.1 cm³/mol. The number of hydrogen-bond acceptors (Lipinski definition) is 3. The van der Waals surface area contributed by atoms with Crippen LogP contribution in [0.25, 0.3) is 0 Å². The highest BCUT2D eigenvalue weighted by molar-refractivity contribution is 6.13. The van der Waals surface area contributed by atoms with E-state index in [0.29, 0.717) is 6.42 Å². The maximum Gasteiger partial charge on any atom is 0.330 e. The zero-order valence-corrected chi connectivity index (χ0v) is 12.6. The molecule has 0 saturated heterocycles. The Morgan fingerprint density at radius 2 is 1.59 bits per heavy atom. The topological polar surface area (TPSA) is 38.7 Å². The lowest BCUT2D eigenvalue weighted by Crippen LogP contribution is -2.22. The fourth-order valence-electron chi connectivity index (χ4n) is 2.16. The number of carbonyl (C=O) groups is 1. The largest absolute Gasteiger partial charge is 0.467 e. The molecular formula is C19H19NO2. The first-order valence-electron chi connectivity index (χ1n) is 7.13. The molecule has 0 aliphatic carbocycles. The lowest BCUT2D eigenvalue weighted by Gasteiger charge is -2.13. The van der Waals surface area contributed by atoms with Gasteiger partial charge in [-0.25, -0.2) is 4.79 Å². The van der Waals surface area contributed by atoms with Crippen LogP contribution in [0.3, 0.4) is 0 Å². The number of aliphatic imine (C=N–C) groups is 1. The third-order valence-corrected chi connectivity index (χ3v) is 3.24. The molecule has 2 aromatic rings. The van der Waals surface area contributed by atoms with Crippen LogP contribution in [0.4, 0.5) is 0 Å². The number of nitrogens with zero attached hydrogens (tertiary/aromatic N) is 1. The van der Waals surface area contributed by atoms with Gasteiger partial charge in [0.1, 0.15) is 0 Å². The zero-order chi connectivity index (χ0) is 15.8. The van der Waals surface area contributed by atoms with Gasteiger partial charge in [0.05, 0.1) is 12.8 Å². The maximum atomic E-state index is 11.9. The predicted octanol–water partition coefficient (Wildman–Crippen LogP) is 3.64. The quantitative estimate of drug-likeness (QED) is 0.463. The molecule has 0 heterocycles. The van der Waals surface area contributed by atoms with E-state index in [9.17, 15) is 4.79 Å². The Morgan fingerprint density at radius 3 is 2.00 bits per heavy atom. The van der Waals surface area contributed by atoms with Gasteiger partial charge in [0.2, 0.25) is 0 Å². The second kappa shape index (κ2) is 7.93. The molecule has 0 aliphatic rings. The Morgan fingerprint density at radius 1 is 1.09 bits per heavy atom. The molecule has 22 heavy (non-hydrogen) atoms. The van der Waals surface area contributed by atoms with Crippen molar-refractivity contribution in [1.82, 2.24) is 0 Å². The van der Waals surface area contributed by atoms with E-state index in [1.807, 2.05) is 60.7 Å². The number of methoxy groups -OCH3 is 1. The molecule has 0 saturated carbocycles. The summed E-state index contributed by atoms with van der Waals surface area (Å²) in [6, 6.07) is 19.1. The molecule has 0 fully saturated rings. The Bertz CT molecular complexity index is 606. The van der Waals surface area contributed by atoms with Crippen LogP contribution in [0.1, 0.15) is 17.5 Å². The lowest BCUT2D eigenvalue weighted by atomic mass is 10.0. The molecule has 2 aromatic carbocycles. The van der Waals surface area contributed by atoms with E-state index >= 15 is 0 Å². The second-order valence-electron chi connectivity index (χ2n) is 4.77. The molecule has 112 valence electrons. The van der Waals surface area contributed by atoms with Gasteiger partial charge in [0.25, 0.3) is 0 Å². The van der Waals surface area contributed by atoms with Crippen LogP contribution in [-0.4, -0.2) is 24.8 Å². The van der Waals surface area contributed by atoms with Crippen molar-refractivity contribution < 1.29 is 9.53 Å². The summed E-state index contributed by atoms with van der Waals surface area (Å²) in [6.07, 6.45) is 2.12. The van der Waals surface area contributed by atoms with Crippen LogP contribution in [-0.2, 0) is 9.53 Å². The number of carbonyl (C=O) groups excluding carboxylic acids is 1. The van der Waals surface area contributed by atoms with Crippen LogP contribution < -0.4 is 0 Å². The van der Waals surface area contributed by atoms with E-state index in [0.717, 1.165) is 16.8 Å². The van der Waals surface area contributed by atoms with Crippen LogP contribution in [0.5, 0.6) is 0 Å². The highest BCUT2D eigenvalue weighted by Crippen LogP contribution is 2.14. The van der Waals surface area contributed by atoms with Crippen LogP contribution in [0, 0.1) is 0 Å². The van der Waals surface area contributed by atoms with Gasteiger partial charge in [-0.05, 0) is 6.42 Å². The number of hydrogen-bond donors (Lipinski definition) is 0. The van der Waals surface area contributed by atoms with Crippen LogP contribution in [0.2, 0.25) is 0 Å². The molecule has 3 heteroatoms. The van der Waals surface area contributed by atoms with E-state index in [2.05, 4.69) is 11.6 Å². The Hall–Kier alpha value is -2.68. The van der Waals surface area contributed by atoms with E-state index in [1.165, 1.54) is 7.11 Å². The van der Waals surface area contributed by atoms with Gasteiger partial charge in [0, 0.05) is 11.1 Å². The summed E-state index contributed by atoms with van der Waals surface area (Å²) in [4.78, 5) is 16.6. The monoisotopic (exact) mass is 293 g/mol. The lowest BCUT2D eigenvalue weighted by molar-refractivity contribution is -0.141. The standard InChI is InChI=1S/C19H19NO2/c1-3-10-17(19(21)22-2)20-18(15-11-6-4-7-12-15)16-13-8-5-9-14-16/h3-9,11-14,17H,1,10H2,2H3/t17-/m1/s1. The van der Waals surface area contributed by atoms with Crippen molar-refractivity contribution >= 4 is 11.7 Å². The van der Waals surface area contributed by atoms with E-state index in [-0.39, 0.29) is 5.97 Å². The average Bonchev–Trinajstić information content (AvgIpc) is 2.59. The Labute approximate surface area is 131 Å². The molecule has 0 amide bonds. The van der Waals surface area contributed by atoms with Crippen molar-refractivity contribution in [1.29, 1.82) is 0 Å². The summed E-state index contributed by atoms with van der Waals surface area (Å²) in [5.41, 5.74) is 2.71.